The van der Waals surface area contributed by atoms with Gasteiger partial charge >= 0.3 is 0 Å². The number of hydrogen-bond donors (Lipinski definition) is 2. The summed E-state index contributed by atoms with van der Waals surface area (Å²) in [5.74, 6) is -0.0183. The standard InChI is InChI=1S/C11H15ClN2O/c1-8(7-13)14-11(15)6-9-2-4-10(12)5-3-9/h2-5,8H,6-7,13H2,1H3,(H,14,15)/t8-/m1/s1. The van der Waals surface area contributed by atoms with Gasteiger partial charge in [-0.15, -0.1) is 0 Å². The van der Waals surface area contributed by atoms with E-state index in [-0.39, 0.29) is 11.9 Å². The van der Waals surface area contributed by atoms with Crippen molar-refractivity contribution in [3.8, 4) is 0 Å². The van der Waals surface area contributed by atoms with Crippen molar-refractivity contribution in [3.63, 3.8) is 0 Å². The summed E-state index contributed by atoms with van der Waals surface area (Å²) >= 11 is 5.74. The first-order valence-electron chi connectivity index (χ1n) is 4.85. The molecule has 0 aromatic heterocycles. The molecule has 3 N–H and O–H groups in total. The van der Waals surface area contributed by atoms with Crippen molar-refractivity contribution in [3.05, 3.63) is 34.9 Å². The highest BCUT2D eigenvalue weighted by atomic mass is 35.5. The number of nitrogens with one attached hydrogen (secondary N) is 1. The molecule has 0 radical (unpaired) electrons. The van der Waals surface area contributed by atoms with Gasteiger partial charge in [0.1, 0.15) is 0 Å². The largest absolute Gasteiger partial charge is 0.352 e. The van der Waals surface area contributed by atoms with E-state index in [9.17, 15) is 4.79 Å². The van der Waals surface area contributed by atoms with E-state index in [0.717, 1.165) is 5.56 Å². The van der Waals surface area contributed by atoms with Gasteiger partial charge in [-0.2, -0.15) is 0 Å². The monoisotopic (exact) mass is 226 g/mol. The molecule has 0 aliphatic rings. The Morgan fingerprint density at radius 1 is 1.47 bits per heavy atom. The molecule has 0 heterocycles. The Balaban J connectivity index is 2.48. The zero-order valence-corrected chi connectivity index (χ0v) is 9.42. The van der Waals surface area contributed by atoms with E-state index in [0.29, 0.717) is 18.0 Å². The molecule has 1 atom stereocenters. The van der Waals surface area contributed by atoms with E-state index in [1.165, 1.54) is 0 Å². The van der Waals surface area contributed by atoms with Crippen LogP contribution in [0, 0.1) is 0 Å². The van der Waals surface area contributed by atoms with Crippen LogP contribution in [0.4, 0.5) is 0 Å². The molecule has 1 rings (SSSR count). The maximum Gasteiger partial charge on any atom is 0.224 e. The summed E-state index contributed by atoms with van der Waals surface area (Å²) in [7, 11) is 0. The van der Waals surface area contributed by atoms with Gasteiger partial charge < -0.3 is 11.1 Å². The van der Waals surface area contributed by atoms with Crippen LogP contribution in [0.3, 0.4) is 0 Å². The van der Waals surface area contributed by atoms with Crippen LogP contribution in [0.15, 0.2) is 24.3 Å². The fourth-order valence-electron chi connectivity index (χ4n) is 1.17. The van der Waals surface area contributed by atoms with Crippen LogP contribution in [0.2, 0.25) is 5.02 Å². The summed E-state index contributed by atoms with van der Waals surface area (Å²) in [5, 5.41) is 3.47. The van der Waals surface area contributed by atoms with Crippen molar-refractivity contribution < 1.29 is 4.79 Å². The minimum atomic E-state index is -0.0183. The van der Waals surface area contributed by atoms with Gasteiger partial charge in [0.25, 0.3) is 0 Å². The van der Waals surface area contributed by atoms with Crippen LogP contribution in [-0.4, -0.2) is 18.5 Å². The Hall–Kier alpha value is -1.06. The predicted octanol–water partition coefficient (Wildman–Crippen LogP) is 1.35. The van der Waals surface area contributed by atoms with Gasteiger partial charge in [-0.3, -0.25) is 4.79 Å². The van der Waals surface area contributed by atoms with Crippen molar-refractivity contribution in [2.75, 3.05) is 6.54 Å². The van der Waals surface area contributed by atoms with Crippen molar-refractivity contribution in [2.24, 2.45) is 5.73 Å². The number of nitrogens with two attached hydrogens (primary N) is 1. The molecule has 3 nitrogen and oxygen atoms in total. The number of hydrogen-bond acceptors (Lipinski definition) is 2. The second kappa shape index (κ2) is 5.73. The summed E-state index contributed by atoms with van der Waals surface area (Å²) in [4.78, 5) is 11.5. The molecule has 0 saturated heterocycles. The van der Waals surface area contributed by atoms with Crippen LogP contribution in [0.5, 0.6) is 0 Å². The first-order chi connectivity index (χ1) is 7.11. The molecule has 0 spiro atoms. The van der Waals surface area contributed by atoms with E-state index < -0.39 is 0 Å². The Morgan fingerprint density at radius 3 is 2.60 bits per heavy atom. The van der Waals surface area contributed by atoms with Gasteiger partial charge in [0, 0.05) is 17.6 Å². The number of halogens is 1. The molecule has 0 aliphatic heterocycles. The zero-order valence-electron chi connectivity index (χ0n) is 8.66. The fourth-order valence-corrected chi connectivity index (χ4v) is 1.30. The number of amides is 1. The normalized spacial score (nSPS) is 12.2. The summed E-state index contributed by atoms with van der Waals surface area (Å²) < 4.78 is 0. The Kier molecular flexibility index (Phi) is 4.59. The number of carbonyl (C=O) groups is 1. The highest BCUT2D eigenvalue weighted by Crippen LogP contribution is 2.09. The van der Waals surface area contributed by atoms with Crippen molar-refractivity contribution in [1.29, 1.82) is 0 Å². The average Bonchev–Trinajstić information content (AvgIpc) is 2.21. The SMILES string of the molecule is C[C@H](CN)NC(=O)Cc1ccc(Cl)cc1. The topological polar surface area (TPSA) is 55.1 Å². The van der Waals surface area contributed by atoms with E-state index in [1.807, 2.05) is 19.1 Å². The lowest BCUT2D eigenvalue weighted by atomic mass is 10.1. The van der Waals surface area contributed by atoms with Crippen LogP contribution in [0.25, 0.3) is 0 Å². The van der Waals surface area contributed by atoms with Crippen molar-refractivity contribution >= 4 is 17.5 Å². The van der Waals surface area contributed by atoms with Gasteiger partial charge in [-0.1, -0.05) is 23.7 Å². The molecule has 0 bridgehead atoms. The Morgan fingerprint density at radius 2 is 2.07 bits per heavy atom. The lowest BCUT2D eigenvalue weighted by Crippen LogP contribution is -2.38. The maximum atomic E-state index is 11.5. The van der Waals surface area contributed by atoms with Gasteiger partial charge in [-0.25, -0.2) is 0 Å². The van der Waals surface area contributed by atoms with E-state index in [4.69, 9.17) is 17.3 Å². The van der Waals surface area contributed by atoms with E-state index in [2.05, 4.69) is 5.32 Å². The zero-order chi connectivity index (χ0) is 11.3. The Bertz CT molecular complexity index is 324. The molecule has 1 aromatic rings. The third-order valence-electron chi connectivity index (χ3n) is 2.04. The quantitative estimate of drug-likeness (QED) is 0.814. The lowest BCUT2D eigenvalue weighted by Gasteiger charge is -2.10. The molecule has 1 amide bonds. The van der Waals surface area contributed by atoms with Gasteiger partial charge in [0.15, 0.2) is 0 Å². The molecule has 4 heteroatoms. The third-order valence-corrected chi connectivity index (χ3v) is 2.29. The fraction of sp³-hybridized carbons (Fsp3) is 0.364. The summed E-state index contributed by atoms with van der Waals surface area (Å²) in [6, 6.07) is 7.25. The van der Waals surface area contributed by atoms with Gasteiger partial charge in [-0.05, 0) is 24.6 Å². The molecule has 1 aromatic carbocycles. The van der Waals surface area contributed by atoms with E-state index in [1.54, 1.807) is 12.1 Å². The first kappa shape index (κ1) is 12.0. The molecular weight excluding hydrogens is 212 g/mol. The molecule has 0 aliphatic carbocycles. The van der Waals surface area contributed by atoms with Crippen LogP contribution >= 0.6 is 11.6 Å². The van der Waals surface area contributed by atoms with Gasteiger partial charge in [0.05, 0.1) is 6.42 Å². The number of rotatable bonds is 4. The smallest absolute Gasteiger partial charge is 0.224 e. The molecule has 82 valence electrons. The van der Waals surface area contributed by atoms with Crippen LogP contribution < -0.4 is 11.1 Å². The maximum absolute atomic E-state index is 11.5. The molecule has 0 fully saturated rings. The molecule has 0 saturated carbocycles. The molecule has 0 unspecified atom stereocenters. The third kappa shape index (κ3) is 4.32. The molecule has 15 heavy (non-hydrogen) atoms. The van der Waals surface area contributed by atoms with Crippen LogP contribution in [0.1, 0.15) is 12.5 Å². The second-order valence-electron chi connectivity index (χ2n) is 3.51. The summed E-state index contributed by atoms with van der Waals surface area (Å²) in [6.45, 7) is 2.33. The van der Waals surface area contributed by atoms with Crippen molar-refractivity contribution in [2.45, 2.75) is 19.4 Å². The minimum absolute atomic E-state index is 0.0183. The van der Waals surface area contributed by atoms with Gasteiger partial charge in [0.2, 0.25) is 5.91 Å². The Labute approximate surface area is 94.6 Å². The van der Waals surface area contributed by atoms with Crippen molar-refractivity contribution in [1.82, 2.24) is 5.32 Å². The lowest BCUT2D eigenvalue weighted by molar-refractivity contribution is -0.120. The minimum Gasteiger partial charge on any atom is -0.352 e. The summed E-state index contributed by atoms with van der Waals surface area (Å²) in [5.41, 5.74) is 6.35. The second-order valence-corrected chi connectivity index (χ2v) is 3.94. The highest BCUT2D eigenvalue weighted by molar-refractivity contribution is 6.30. The highest BCUT2D eigenvalue weighted by Gasteiger charge is 2.06. The molecular formula is C11H15ClN2O. The summed E-state index contributed by atoms with van der Waals surface area (Å²) in [6.07, 6.45) is 0.363. The number of benzene rings is 1. The predicted molar refractivity (Wildman–Crippen MR) is 61.8 cm³/mol. The first-order valence-corrected chi connectivity index (χ1v) is 5.23. The number of carbonyl (C=O) groups excluding carboxylic acids is 1. The van der Waals surface area contributed by atoms with E-state index >= 15 is 0 Å². The average molecular weight is 227 g/mol. The van der Waals surface area contributed by atoms with Crippen LogP contribution in [-0.2, 0) is 11.2 Å².